The van der Waals surface area contributed by atoms with Crippen molar-refractivity contribution in [2.75, 3.05) is 0 Å². The van der Waals surface area contributed by atoms with Crippen LogP contribution >= 0.6 is 23.2 Å². The van der Waals surface area contributed by atoms with Gasteiger partial charge < -0.3 is 14.8 Å². The van der Waals surface area contributed by atoms with Crippen LogP contribution in [0.5, 0.6) is 0 Å². The first-order valence-electron chi connectivity index (χ1n) is 8.48. The Labute approximate surface area is 176 Å². The Morgan fingerprint density at radius 1 is 0.966 bits per heavy atom. The number of aliphatic imine (C=N–C) groups is 1. The molecule has 0 aliphatic rings. The average Bonchev–Trinajstić information content (AvgIpc) is 2.94. The summed E-state index contributed by atoms with van der Waals surface area (Å²) in [4.78, 5) is 26.9. The van der Waals surface area contributed by atoms with Crippen LogP contribution in [0.25, 0.3) is 5.69 Å². The SMILES string of the molecule is Cc1cc(C=Nc2cc(C(=O)O)ccc2Cl)c(C)n1-c1ccc(Cl)c(C(=O)O)c1. The van der Waals surface area contributed by atoms with E-state index in [0.717, 1.165) is 17.0 Å². The second kappa shape index (κ2) is 8.11. The topological polar surface area (TPSA) is 91.9 Å². The van der Waals surface area contributed by atoms with E-state index < -0.39 is 11.9 Å². The zero-order valence-electron chi connectivity index (χ0n) is 15.5. The van der Waals surface area contributed by atoms with Gasteiger partial charge in [-0.1, -0.05) is 23.2 Å². The molecule has 1 heterocycles. The lowest BCUT2D eigenvalue weighted by Gasteiger charge is -2.11. The van der Waals surface area contributed by atoms with Crippen LogP contribution in [0.1, 0.15) is 37.7 Å². The lowest BCUT2D eigenvalue weighted by atomic mass is 10.2. The largest absolute Gasteiger partial charge is 0.478 e. The van der Waals surface area contributed by atoms with Crippen molar-refractivity contribution < 1.29 is 19.8 Å². The number of rotatable bonds is 5. The van der Waals surface area contributed by atoms with Gasteiger partial charge in [0.1, 0.15) is 0 Å². The number of aryl methyl sites for hydroxylation is 1. The maximum atomic E-state index is 11.4. The van der Waals surface area contributed by atoms with Gasteiger partial charge in [0.2, 0.25) is 0 Å². The van der Waals surface area contributed by atoms with Gasteiger partial charge in [-0.15, -0.1) is 0 Å². The first-order valence-corrected chi connectivity index (χ1v) is 9.23. The van der Waals surface area contributed by atoms with Crippen LogP contribution in [0.4, 0.5) is 5.69 Å². The molecule has 0 saturated heterocycles. The highest BCUT2D eigenvalue weighted by atomic mass is 35.5. The molecule has 0 radical (unpaired) electrons. The molecule has 0 fully saturated rings. The predicted octanol–water partition coefficient (Wildman–Crippen LogP) is 5.55. The molecule has 0 saturated carbocycles. The van der Waals surface area contributed by atoms with Crippen molar-refractivity contribution in [1.82, 2.24) is 4.57 Å². The van der Waals surface area contributed by atoms with Crippen molar-refractivity contribution in [3.8, 4) is 5.69 Å². The first kappa shape index (κ1) is 20.6. The molecule has 1 aromatic heterocycles. The van der Waals surface area contributed by atoms with Crippen molar-refractivity contribution in [3.63, 3.8) is 0 Å². The van der Waals surface area contributed by atoms with Crippen LogP contribution in [-0.4, -0.2) is 32.9 Å². The first-order chi connectivity index (χ1) is 13.7. The van der Waals surface area contributed by atoms with Crippen LogP contribution < -0.4 is 0 Å². The minimum absolute atomic E-state index is 0.0177. The molecule has 2 N–H and O–H groups in total. The van der Waals surface area contributed by atoms with Gasteiger partial charge in [-0.3, -0.25) is 4.99 Å². The number of hydrogen-bond donors (Lipinski definition) is 2. The molecular formula is C21H16Cl2N2O4. The molecule has 6 nitrogen and oxygen atoms in total. The van der Waals surface area contributed by atoms with Gasteiger partial charge in [-0.2, -0.15) is 0 Å². The standard InChI is InChI=1S/C21H16Cl2N2O4/c1-11-7-14(10-24-19-8-13(20(26)27)3-5-18(19)23)12(2)25(11)15-4-6-17(22)16(9-15)21(28)29/h3-10H,1-2H3,(H,26,27)(H,28,29). The Morgan fingerprint density at radius 2 is 1.66 bits per heavy atom. The van der Waals surface area contributed by atoms with Crippen LogP contribution in [0.15, 0.2) is 47.5 Å². The van der Waals surface area contributed by atoms with Crippen molar-refractivity contribution in [3.05, 3.63) is 80.6 Å². The van der Waals surface area contributed by atoms with Crippen molar-refractivity contribution in [1.29, 1.82) is 0 Å². The van der Waals surface area contributed by atoms with E-state index in [1.165, 1.54) is 24.3 Å². The highest BCUT2D eigenvalue weighted by molar-refractivity contribution is 6.33. The van der Waals surface area contributed by atoms with E-state index in [9.17, 15) is 14.7 Å². The van der Waals surface area contributed by atoms with E-state index in [0.29, 0.717) is 16.4 Å². The molecule has 0 atom stereocenters. The minimum Gasteiger partial charge on any atom is -0.478 e. The van der Waals surface area contributed by atoms with Gasteiger partial charge in [0.15, 0.2) is 0 Å². The Morgan fingerprint density at radius 3 is 2.31 bits per heavy atom. The maximum absolute atomic E-state index is 11.4. The molecule has 2 aromatic carbocycles. The summed E-state index contributed by atoms with van der Waals surface area (Å²) in [5.74, 6) is -2.16. The van der Waals surface area contributed by atoms with E-state index in [1.807, 2.05) is 24.5 Å². The summed E-state index contributed by atoms with van der Waals surface area (Å²) < 4.78 is 1.89. The highest BCUT2D eigenvalue weighted by Crippen LogP contribution is 2.28. The van der Waals surface area contributed by atoms with Crippen LogP contribution in [0.2, 0.25) is 10.0 Å². The zero-order valence-corrected chi connectivity index (χ0v) is 17.0. The molecule has 3 rings (SSSR count). The summed E-state index contributed by atoms with van der Waals surface area (Å²) in [5.41, 5.74) is 3.59. The van der Waals surface area contributed by atoms with E-state index in [4.69, 9.17) is 28.3 Å². The number of aromatic nitrogens is 1. The summed E-state index contributed by atoms with van der Waals surface area (Å²) >= 11 is 12.1. The summed E-state index contributed by atoms with van der Waals surface area (Å²) in [6.07, 6.45) is 1.60. The molecule has 3 aromatic rings. The molecule has 0 amide bonds. The van der Waals surface area contributed by atoms with Gasteiger partial charge in [0.25, 0.3) is 0 Å². The second-order valence-electron chi connectivity index (χ2n) is 6.36. The van der Waals surface area contributed by atoms with Crippen LogP contribution in [-0.2, 0) is 0 Å². The number of nitrogens with zero attached hydrogens (tertiary/aromatic N) is 2. The Hall–Kier alpha value is -3.09. The maximum Gasteiger partial charge on any atom is 0.337 e. The number of carboxylic acid groups (broad SMARTS) is 2. The molecular weight excluding hydrogens is 415 g/mol. The van der Waals surface area contributed by atoms with E-state index in [2.05, 4.69) is 4.99 Å². The van der Waals surface area contributed by atoms with E-state index in [-0.39, 0.29) is 16.1 Å². The number of aromatic carboxylic acids is 2. The van der Waals surface area contributed by atoms with Gasteiger partial charge in [-0.25, -0.2) is 9.59 Å². The van der Waals surface area contributed by atoms with Gasteiger partial charge >= 0.3 is 11.9 Å². The molecule has 148 valence electrons. The van der Waals surface area contributed by atoms with E-state index in [1.54, 1.807) is 18.3 Å². The lowest BCUT2D eigenvalue weighted by molar-refractivity contribution is 0.0686. The normalized spacial score (nSPS) is 11.2. The van der Waals surface area contributed by atoms with Gasteiger partial charge in [0.05, 0.1) is 26.9 Å². The Bertz CT molecular complexity index is 1170. The van der Waals surface area contributed by atoms with Crippen molar-refractivity contribution in [2.24, 2.45) is 4.99 Å². The quantitative estimate of drug-likeness (QED) is 0.519. The number of carbonyl (C=O) groups is 2. The number of carboxylic acids is 2. The highest BCUT2D eigenvalue weighted by Gasteiger charge is 2.14. The van der Waals surface area contributed by atoms with Gasteiger partial charge in [-0.05, 0) is 56.3 Å². The number of hydrogen-bond acceptors (Lipinski definition) is 3. The molecule has 8 heteroatoms. The average molecular weight is 431 g/mol. The summed E-state index contributed by atoms with van der Waals surface area (Å²) in [6.45, 7) is 3.76. The molecule has 0 spiro atoms. The molecule has 0 aliphatic carbocycles. The molecule has 0 unspecified atom stereocenters. The van der Waals surface area contributed by atoms with Crippen LogP contribution in [0, 0.1) is 13.8 Å². The number of halogens is 2. The monoisotopic (exact) mass is 430 g/mol. The Kier molecular flexibility index (Phi) is 5.77. The summed E-state index contributed by atoms with van der Waals surface area (Å²) in [7, 11) is 0. The predicted molar refractivity (Wildman–Crippen MR) is 113 cm³/mol. The van der Waals surface area contributed by atoms with Crippen molar-refractivity contribution >= 4 is 47.0 Å². The fraction of sp³-hybridized carbons (Fsp3) is 0.0952. The smallest absolute Gasteiger partial charge is 0.337 e. The minimum atomic E-state index is -1.10. The summed E-state index contributed by atoms with van der Waals surface area (Å²) in [6, 6.07) is 11.0. The fourth-order valence-corrected chi connectivity index (χ4v) is 3.38. The fourth-order valence-electron chi connectivity index (χ4n) is 3.02. The van der Waals surface area contributed by atoms with Gasteiger partial charge in [0, 0.05) is 28.9 Å². The van der Waals surface area contributed by atoms with Crippen LogP contribution in [0.3, 0.4) is 0 Å². The third-order valence-corrected chi connectivity index (χ3v) is 5.09. The third kappa shape index (κ3) is 4.18. The number of benzene rings is 2. The van der Waals surface area contributed by atoms with E-state index >= 15 is 0 Å². The second-order valence-corrected chi connectivity index (χ2v) is 7.18. The van der Waals surface area contributed by atoms with Crippen molar-refractivity contribution in [2.45, 2.75) is 13.8 Å². The molecule has 0 bridgehead atoms. The molecule has 0 aliphatic heterocycles. The third-order valence-electron chi connectivity index (χ3n) is 4.44. The molecule has 29 heavy (non-hydrogen) atoms. The summed E-state index contributed by atoms with van der Waals surface area (Å²) in [5, 5.41) is 18.9. The lowest BCUT2D eigenvalue weighted by Crippen LogP contribution is -2.03. The zero-order chi connectivity index (χ0) is 21.3. The Balaban J connectivity index is 2.02.